The van der Waals surface area contributed by atoms with Crippen molar-refractivity contribution in [2.75, 3.05) is 11.4 Å². The summed E-state index contributed by atoms with van der Waals surface area (Å²) in [6.45, 7) is 24.7. The molecule has 0 spiro atoms. The molecule has 1 aromatic rings. The lowest BCUT2D eigenvalue weighted by molar-refractivity contribution is 0.302. The van der Waals surface area contributed by atoms with E-state index in [-0.39, 0.29) is 5.41 Å². The van der Waals surface area contributed by atoms with E-state index >= 15 is 0 Å². The monoisotopic (exact) mass is 445 g/mol. The highest BCUT2D eigenvalue weighted by molar-refractivity contribution is 5.62. The van der Waals surface area contributed by atoms with Gasteiger partial charge >= 0.3 is 0 Å². The molecule has 0 fully saturated rings. The van der Waals surface area contributed by atoms with Crippen LogP contribution in [0.5, 0.6) is 0 Å². The fourth-order valence-electron chi connectivity index (χ4n) is 3.74. The van der Waals surface area contributed by atoms with Crippen molar-refractivity contribution in [3.05, 3.63) is 96.8 Å². The van der Waals surface area contributed by atoms with Gasteiger partial charge in [-0.25, -0.2) is 0 Å². The molecule has 0 heterocycles. The zero-order valence-corrected chi connectivity index (χ0v) is 22.3. The first kappa shape index (κ1) is 28.5. The number of benzene rings is 1. The summed E-state index contributed by atoms with van der Waals surface area (Å²) in [6, 6.07) is 8.55. The Hall–Kier alpha value is -2.54. The van der Waals surface area contributed by atoms with Crippen LogP contribution >= 0.6 is 0 Å². The molecular weight excluding hydrogens is 398 g/mol. The molecule has 0 aromatic heterocycles. The maximum atomic E-state index is 3.98. The van der Waals surface area contributed by atoms with Crippen LogP contribution in [0, 0.1) is 10.8 Å². The third kappa shape index (κ3) is 8.72. The van der Waals surface area contributed by atoms with Crippen molar-refractivity contribution in [3.63, 3.8) is 0 Å². The predicted octanol–water partition coefficient (Wildman–Crippen LogP) is 9.92. The van der Waals surface area contributed by atoms with Crippen LogP contribution in [-0.4, -0.2) is 6.54 Å². The van der Waals surface area contributed by atoms with Gasteiger partial charge in [0.25, 0.3) is 0 Å². The zero-order chi connectivity index (χ0) is 24.9. The minimum atomic E-state index is 0.170. The molecule has 0 aliphatic heterocycles. The van der Waals surface area contributed by atoms with Gasteiger partial charge in [0.05, 0.1) is 0 Å². The topological polar surface area (TPSA) is 3.24 Å². The quantitative estimate of drug-likeness (QED) is 0.257. The van der Waals surface area contributed by atoms with Gasteiger partial charge in [-0.05, 0) is 66.0 Å². The van der Waals surface area contributed by atoms with E-state index < -0.39 is 0 Å². The Balaban J connectivity index is 3.35. The number of hydrogen-bond acceptors (Lipinski definition) is 1. The maximum absolute atomic E-state index is 3.98. The van der Waals surface area contributed by atoms with Crippen molar-refractivity contribution in [2.45, 2.75) is 74.1 Å². The van der Waals surface area contributed by atoms with Gasteiger partial charge in [0.2, 0.25) is 0 Å². The molecule has 1 heteroatoms. The lowest BCUT2D eigenvalue weighted by Gasteiger charge is -2.28. The van der Waals surface area contributed by atoms with E-state index in [2.05, 4.69) is 127 Å². The Labute approximate surface area is 205 Å². The van der Waals surface area contributed by atoms with Crippen LogP contribution in [0.15, 0.2) is 91.2 Å². The number of anilines is 1. The van der Waals surface area contributed by atoms with Crippen molar-refractivity contribution >= 4 is 11.8 Å². The van der Waals surface area contributed by atoms with Crippen LogP contribution in [-0.2, 0) is 0 Å². The molecule has 1 rings (SSSR count). The fourth-order valence-corrected chi connectivity index (χ4v) is 3.74. The Kier molecular flexibility index (Phi) is 12.0. The second-order valence-electron chi connectivity index (χ2n) is 9.75. The number of allylic oxidation sites excluding steroid dienone is 7. The number of rotatable bonds is 14. The van der Waals surface area contributed by atoms with Gasteiger partial charge in [-0.2, -0.15) is 0 Å². The van der Waals surface area contributed by atoms with Crippen molar-refractivity contribution < 1.29 is 0 Å². The third-order valence-electron chi connectivity index (χ3n) is 7.19. The summed E-state index contributed by atoms with van der Waals surface area (Å²) in [4.78, 5) is 2.35. The average molecular weight is 446 g/mol. The van der Waals surface area contributed by atoms with Crippen molar-refractivity contribution in [1.29, 1.82) is 0 Å². The van der Waals surface area contributed by atoms with Crippen LogP contribution in [0.4, 0.5) is 5.69 Å². The van der Waals surface area contributed by atoms with Crippen molar-refractivity contribution in [2.24, 2.45) is 10.8 Å². The van der Waals surface area contributed by atoms with Crippen molar-refractivity contribution in [3.8, 4) is 0 Å². The average Bonchev–Trinajstić information content (AvgIpc) is 2.83. The van der Waals surface area contributed by atoms with E-state index in [1.54, 1.807) is 0 Å². The van der Waals surface area contributed by atoms with Gasteiger partial charge in [-0.15, -0.1) is 0 Å². The smallest absolute Gasteiger partial charge is 0.0419 e. The van der Waals surface area contributed by atoms with Crippen LogP contribution in [0.3, 0.4) is 0 Å². The summed E-state index contributed by atoms with van der Waals surface area (Å²) in [5, 5.41) is 0. The summed E-state index contributed by atoms with van der Waals surface area (Å²) >= 11 is 0. The van der Waals surface area contributed by atoms with Crippen LogP contribution in [0.1, 0.15) is 79.7 Å². The molecule has 0 unspecified atom stereocenters. The highest BCUT2D eigenvalue weighted by Crippen LogP contribution is 2.32. The summed E-state index contributed by atoms with van der Waals surface area (Å²) in [5.74, 6) is 0. The molecule has 1 aromatic carbocycles. The van der Waals surface area contributed by atoms with Gasteiger partial charge in [0.15, 0.2) is 0 Å². The molecule has 0 aliphatic carbocycles. The first-order chi connectivity index (χ1) is 15.7. The molecule has 180 valence electrons. The molecule has 33 heavy (non-hydrogen) atoms. The standard InChI is InChI=1S/C32H47N/c1-10-19-29(23-17-24-32(9,14-5)15-6)33(30-22-16-20-27(11-2)26-30)25-18-21-28(12-3)31(7,8)13-4/h10-12,16-23,26H,1-2,13-15,24-25H2,3-9H3/b21-18-,23-17-,28-12+,29-19+. The van der Waals surface area contributed by atoms with E-state index in [9.17, 15) is 0 Å². The molecule has 0 atom stereocenters. The Morgan fingerprint density at radius 1 is 0.970 bits per heavy atom. The largest absolute Gasteiger partial charge is 0.338 e. The molecule has 0 amide bonds. The summed E-state index contributed by atoms with van der Waals surface area (Å²) in [7, 11) is 0. The van der Waals surface area contributed by atoms with Gasteiger partial charge in [0.1, 0.15) is 0 Å². The van der Waals surface area contributed by atoms with Crippen LogP contribution < -0.4 is 4.90 Å². The minimum absolute atomic E-state index is 0.170. The van der Waals surface area contributed by atoms with Gasteiger partial charge in [-0.1, -0.05) is 116 Å². The lowest BCUT2D eigenvalue weighted by Crippen LogP contribution is -2.22. The van der Waals surface area contributed by atoms with E-state index in [1.807, 2.05) is 12.2 Å². The normalized spacial score (nSPS) is 13.7. The highest BCUT2D eigenvalue weighted by Gasteiger charge is 2.19. The van der Waals surface area contributed by atoms with Crippen LogP contribution in [0.2, 0.25) is 0 Å². The molecule has 0 saturated heterocycles. The van der Waals surface area contributed by atoms with Crippen LogP contribution in [0.25, 0.3) is 6.08 Å². The molecule has 0 aliphatic rings. The predicted molar refractivity (Wildman–Crippen MR) is 152 cm³/mol. The van der Waals surface area contributed by atoms with E-state index in [4.69, 9.17) is 0 Å². The minimum Gasteiger partial charge on any atom is -0.338 e. The summed E-state index contributed by atoms with van der Waals surface area (Å²) in [5.41, 5.74) is 5.30. The fraction of sp³-hybridized carbons (Fsp3) is 0.438. The zero-order valence-electron chi connectivity index (χ0n) is 22.3. The third-order valence-corrected chi connectivity index (χ3v) is 7.19. The first-order valence-electron chi connectivity index (χ1n) is 12.5. The summed E-state index contributed by atoms with van der Waals surface area (Å²) in [6.07, 6.45) is 21.8. The SMILES string of the molecule is C=C/C=C(\C=C/CC(C)(CC)CC)N(C/C=C\C(=C/C)C(C)(C)CC)c1cccc(C=C)c1. The van der Waals surface area contributed by atoms with Gasteiger partial charge in [-0.3, -0.25) is 0 Å². The Morgan fingerprint density at radius 3 is 2.21 bits per heavy atom. The van der Waals surface area contributed by atoms with E-state index in [0.29, 0.717) is 5.41 Å². The maximum Gasteiger partial charge on any atom is 0.0419 e. The molecule has 1 nitrogen and oxygen atoms in total. The molecule has 0 N–H and O–H groups in total. The second kappa shape index (κ2) is 13.9. The van der Waals surface area contributed by atoms with Gasteiger partial charge < -0.3 is 4.90 Å². The Morgan fingerprint density at radius 2 is 1.67 bits per heavy atom. The number of nitrogens with zero attached hydrogens (tertiary/aromatic N) is 1. The van der Waals surface area contributed by atoms with Gasteiger partial charge in [0, 0.05) is 17.9 Å². The lowest BCUT2D eigenvalue weighted by atomic mass is 9.81. The number of hydrogen-bond donors (Lipinski definition) is 0. The van der Waals surface area contributed by atoms with E-state index in [1.165, 1.54) is 18.4 Å². The highest BCUT2D eigenvalue weighted by atomic mass is 15.1. The molecule has 0 bridgehead atoms. The molecule has 0 saturated carbocycles. The molecular formula is C32H47N. The van der Waals surface area contributed by atoms with Crippen molar-refractivity contribution in [1.82, 2.24) is 0 Å². The Bertz CT molecular complexity index is 872. The molecule has 0 radical (unpaired) electrons. The van der Waals surface area contributed by atoms with E-state index in [0.717, 1.165) is 36.3 Å². The second-order valence-corrected chi connectivity index (χ2v) is 9.75. The summed E-state index contributed by atoms with van der Waals surface area (Å²) < 4.78 is 0. The first-order valence-corrected chi connectivity index (χ1v) is 12.5.